The molecular weight excluding hydrogens is 452 g/mol. The molecule has 1 heterocycles. The Morgan fingerprint density at radius 3 is 2.50 bits per heavy atom. The molecule has 160 valence electrons. The molecule has 0 fully saturated rings. The first kappa shape index (κ1) is 22.7. The number of halogens is 3. The highest BCUT2D eigenvalue weighted by molar-refractivity contribution is 7.18. The van der Waals surface area contributed by atoms with Crippen molar-refractivity contribution in [1.29, 1.82) is 0 Å². The third-order valence-electron chi connectivity index (χ3n) is 3.91. The smallest absolute Gasteiger partial charge is 0.165 e. The van der Waals surface area contributed by atoms with Crippen LogP contribution in [0.15, 0.2) is 30.3 Å². The van der Waals surface area contributed by atoms with Crippen LogP contribution in [0, 0.1) is 5.82 Å². The summed E-state index contributed by atoms with van der Waals surface area (Å²) >= 11 is 13.9. The highest BCUT2D eigenvalue weighted by Gasteiger charge is 2.17. The van der Waals surface area contributed by atoms with Gasteiger partial charge in [-0.2, -0.15) is 0 Å². The van der Waals surface area contributed by atoms with Gasteiger partial charge in [-0.1, -0.05) is 34.5 Å². The van der Waals surface area contributed by atoms with Crippen LogP contribution in [0.5, 0.6) is 11.5 Å². The maximum absolute atomic E-state index is 14.4. The van der Waals surface area contributed by atoms with Crippen molar-refractivity contribution in [2.45, 2.75) is 26.0 Å². The molecule has 0 aliphatic heterocycles. The van der Waals surface area contributed by atoms with Gasteiger partial charge in [0.2, 0.25) is 0 Å². The molecule has 0 saturated carbocycles. The van der Waals surface area contributed by atoms with E-state index in [1.165, 1.54) is 23.5 Å². The molecule has 10 heteroatoms. The number of aliphatic hydroxyl groups excluding tert-OH is 1. The lowest BCUT2D eigenvalue weighted by Gasteiger charge is -2.12. The number of ether oxygens (including phenoxy) is 2. The lowest BCUT2D eigenvalue weighted by Crippen LogP contribution is -2.31. The van der Waals surface area contributed by atoms with E-state index in [1.54, 1.807) is 12.1 Å². The summed E-state index contributed by atoms with van der Waals surface area (Å²) in [5.74, 6) is -0.0822. The fourth-order valence-corrected chi connectivity index (χ4v) is 3.88. The number of aliphatic hydroxyl groups is 1. The van der Waals surface area contributed by atoms with Crippen LogP contribution >= 0.6 is 34.5 Å². The van der Waals surface area contributed by atoms with E-state index in [2.05, 4.69) is 10.2 Å². The number of benzene rings is 2. The van der Waals surface area contributed by atoms with Gasteiger partial charge in [-0.25, -0.2) is 4.39 Å². The molecule has 3 N–H and O–H groups in total. The minimum atomic E-state index is -0.616. The van der Waals surface area contributed by atoms with Gasteiger partial charge in [0, 0.05) is 17.2 Å². The Balaban J connectivity index is 1.84. The molecule has 0 spiro atoms. The van der Waals surface area contributed by atoms with Gasteiger partial charge in [-0.15, -0.1) is 10.2 Å². The molecule has 0 amide bonds. The summed E-state index contributed by atoms with van der Waals surface area (Å²) in [7, 11) is 0. The molecule has 0 aliphatic rings. The van der Waals surface area contributed by atoms with Crippen molar-refractivity contribution in [1.82, 2.24) is 10.2 Å². The first-order valence-corrected chi connectivity index (χ1v) is 10.6. The zero-order chi connectivity index (χ0) is 21.8. The van der Waals surface area contributed by atoms with Gasteiger partial charge in [0.05, 0.1) is 28.8 Å². The minimum absolute atomic E-state index is 0.00449. The minimum Gasteiger partial charge on any atom is -0.489 e. The summed E-state index contributed by atoms with van der Waals surface area (Å²) in [6.45, 7) is 3.53. The standard InChI is InChI=1S/C20H20Cl2FN3O3S/c1-10(2)29-17-4-3-11(5-15(17)22)19-25-26-20(30-19)13-6-16(23)18(7-14(13)21)28-9-12(24)8-27/h3-7,10,12,27H,8-9,24H2,1-2H3/t12-/m0/s1. The largest absolute Gasteiger partial charge is 0.489 e. The molecule has 30 heavy (non-hydrogen) atoms. The maximum atomic E-state index is 14.4. The van der Waals surface area contributed by atoms with Crippen molar-refractivity contribution >= 4 is 34.5 Å². The fourth-order valence-electron chi connectivity index (χ4n) is 2.48. The van der Waals surface area contributed by atoms with Crippen LogP contribution in [-0.4, -0.2) is 40.7 Å². The molecule has 3 rings (SSSR count). The van der Waals surface area contributed by atoms with Crippen molar-refractivity contribution < 1.29 is 19.0 Å². The number of hydrogen-bond acceptors (Lipinski definition) is 7. The second-order valence-corrected chi connectivity index (χ2v) is 8.53. The molecule has 0 aliphatic carbocycles. The molecule has 0 radical (unpaired) electrons. The monoisotopic (exact) mass is 471 g/mol. The number of aromatic nitrogens is 2. The Bertz CT molecular complexity index is 1030. The Labute approximate surface area is 187 Å². The van der Waals surface area contributed by atoms with Crippen LogP contribution in [-0.2, 0) is 0 Å². The normalized spacial score (nSPS) is 12.3. The molecule has 2 aromatic carbocycles. The molecule has 6 nitrogen and oxygen atoms in total. The van der Waals surface area contributed by atoms with Crippen LogP contribution in [0.2, 0.25) is 10.0 Å². The van der Waals surface area contributed by atoms with Gasteiger partial charge in [0.15, 0.2) is 11.6 Å². The predicted molar refractivity (Wildman–Crippen MR) is 117 cm³/mol. The average Bonchev–Trinajstić information content (AvgIpc) is 3.19. The third-order valence-corrected chi connectivity index (χ3v) is 5.52. The lowest BCUT2D eigenvalue weighted by molar-refractivity contribution is 0.202. The van der Waals surface area contributed by atoms with Crippen molar-refractivity contribution in [3.05, 3.63) is 46.2 Å². The van der Waals surface area contributed by atoms with Gasteiger partial charge in [0.1, 0.15) is 22.4 Å². The summed E-state index contributed by atoms with van der Waals surface area (Å²) in [5.41, 5.74) is 6.72. The Morgan fingerprint density at radius 2 is 1.83 bits per heavy atom. The van der Waals surface area contributed by atoms with E-state index in [-0.39, 0.29) is 30.1 Å². The number of nitrogens with zero attached hydrogens (tertiary/aromatic N) is 2. The second kappa shape index (κ2) is 9.89. The average molecular weight is 472 g/mol. The van der Waals surface area contributed by atoms with Gasteiger partial charge in [0.25, 0.3) is 0 Å². The van der Waals surface area contributed by atoms with Gasteiger partial charge >= 0.3 is 0 Å². The molecule has 0 saturated heterocycles. The van der Waals surface area contributed by atoms with E-state index in [0.29, 0.717) is 26.4 Å². The number of nitrogens with two attached hydrogens (primary N) is 1. The Hall–Kier alpha value is -1.97. The zero-order valence-corrected chi connectivity index (χ0v) is 18.6. The van der Waals surface area contributed by atoms with E-state index < -0.39 is 11.9 Å². The van der Waals surface area contributed by atoms with Gasteiger partial charge in [-0.05, 0) is 38.1 Å². The predicted octanol–water partition coefficient (Wildman–Crippen LogP) is 4.80. The van der Waals surface area contributed by atoms with Crippen molar-refractivity contribution in [2.75, 3.05) is 13.2 Å². The molecule has 1 aromatic heterocycles. The van der Waals surface area contributed by atoms with Crippen molar-refractivity contribution in [2.24, 2.45) is 5.73 Å². The third kappa shape index (κ3) is 5.39. The van der Waals surface area contributed by atoms with Crippen LogP contribution in [0.3, 0.4) is 0 Å². The van der Waals surface area contributed by atoms with Crippen LogP contribution in [0.1, 0.15) is 13.8 Å². The van der Waals surface area contributed by atoms with Crippen molar-refractivity contribution in [3.8, 4) is 32.6 Å². The van der Waals surface area contributed by atoms with E-state index in [0.717, 1.165) is 5.56 Å². The van der Waals surface area contributed by atoms with E-state index in [4.69, 9.17) is 43.5 Å². The maximum Gasteiger partial charge on any atom is 0.165 e. The van der Waals surface area contributed by atoms with Crippen molar-refractivity contribution in [3.63, 3.8) is 0 Å². The summed E-state index contributed by atoms with van der Waals surface area (Å²) in [6.07, 6.45) is 0.00449. The molecule has 0 unspecified atom stereocenters. The first-order chi connectivity index (χ1) is 14.3. The number of rotatable bonds is 8. The molecular formula is C20H20Cl2FN3O3S. The van der Waals surface area contributed by atoms with E-state index in [9.17, 15) is 4.39 Å². The zero-order valence-electron chi connectivity index (χ0n) is 16.2. The van der Waals surface area contributed by atoms with Crippen LogP contribution in [0.25, 0.3) is 21.1 Å². The van der Waals surface area contributed by atoms with E-state index in [1.807, 2.05) is 19.9 Å². The summed E-state index contributed by atoms with van der Waals surface area (Å²) < 4.78 is 25.4. The summed E-state index contributed by atoms with van der Waals surface area (Å²) in [4.78, 5) is 0. The highest BCUT2D eigenvalue weighted by atomic mass is 35.5. The topological polar surface area (TPSA) is 90.5 Å². The number of hydrogen-bond donors (Lipinski definition) is 2. The quantitative estimate of drug-likeness (QED) is 0.490. The second-order valence-electron chi connectivity index (χ2n) is 6.74. The molecule has 1 atom stereocenters. The Morgan fingerprint density at radius 1 is 1.10 bits per heavy atom. The van der Waals surface area contributed by atoms with Crippen LogP contribution in [0.4, 0.5) is 4.39 Å². The first-order valence-electron chi connectivity index (χ1n) is 9.07. The SMILES string of the molecule is CC(C)Oc1ccc(-c2nnc(-c3cc(F)c(OC[C@@H](N)CO)cc3Cl)s2)cc1Cl. The van der Waals surface area contributed by atoms with E-state index >= 15 is 0 Å². The summed E-state index contributed by atoms with van der Waals surface area (Å²) in [6, 6.07) is 7.32. The molecule has 3 aromatic rings. The fraction of sp³-hybridized carbons (Fsp3) is 0.300. The van der Waals surface area contributed by atoms with Gasteiger partial charge in [-0.3, -0.25) is 0 Å². The summed E-state index contributed by atoms with van der Waals surface area (Å²) in [5, 5.41) is 19.0. The Kier molecular flexibility index (Phi) is 7.49. The lowest BCUT2D eigenvalue weighted by atomic mass is 10.2. The van der Waals surface area contributed by atoms with Gasteiger partial charge < -0.3 is 20.3 Å². The van der Waals surface area contributed by atoms with Crippen LogP contribution < -0.4 is 15.2 Å². The highest BCUT2D eigenvalue weighted by Crippen LogP contribution is 2.38. The molecule has 0 bridgehead atoms.